The van der Waals surface area contributed by atoms with Crippen molar-refractivity contribution in [2.24, 2.45) is 10.6 Å². The number of benzene rings is 2. The summed E-state index contributed by atoms with van der Waals surface area (Å²) in [5.74, 6) is 4.78. The monoisotopic (exact) mass is 392 g/mol. The lowest BCUT2D eigenvalue weighted by Crippen LogP contribution is -2.51. The number of amidine groups is 1. The van der Waals surface area contributed by atoms with Crippen LogP contribution in [-0.4, -0.2) is 34.8 Å². The van der Waals surface area contributed by atoms with E-state index in [1.54, 1.807) is 42.5 Å². The highest BCUT2D eigenvalue weighted by Gasteiger charge is 2.31. The molecule has 0 aromatic heterocycles. The van der Waals surface area contributed by atoms with E-state index < -0.39 is 26.7 Å². The summed E-state index contributed by atoms with van der Waals surface area (Å²) in [6.45, 7) is -0.794. The van der Waals surface area contributed by atoms with Crippen LogP contribution in [0.3, 0.4) is 0 Å². The Morgan fingerprint density at radius 1 is 1.22 bits per heavy atom. The number of aliphatic hydroxyl groups excluding tert-OH is 1. The molecular formula is C16H17N4O6P. The fourth-order valence-corrected chi connectivity index (χ4v) is 2.99. The minimum Gasteiger partial charge on any atom is -0.434 e. The minimum atomic E-state index is -4.58. The number of carbonyl (C=O) groups is 1. The van der Waals surface area contributed by atoms with Crippen LogP contribution in [0, 0.1) is 0 Å². The molecule has 0 aliphatic carbocycles. The lowest BCUT2D eigenvalue weighted by Gasteiger charge is -2.33. The van der Waals surface area contributed by atoms with E-state index in [0.29, 0.717) is 11.4 Å². The average molecular weight is 392 g/mol. The highest BCUT2D eigenvalue weighted by molar-refractivity contribution is 7.51. The third kappa shape index (κ3) is 4.51. The number of hydrogen-bond acceptors (Lipinski definition) is 7. The summed E-state index contributed by atoms with van der Waals surface area (Å²) in [4.78, 5) is 21.6. The Balaban J connectivity index is 1.65. The Labute approximate surface area is 154 Å². The third-order valence-electron chi connectivity index (χ3n) is 3.61. The Morgan fingerprint density at radius 2 is 1.89 bits per heavy atom. The molecule has 0 amide bonds. The molecule has 10 nitrogen and oxygen atoms in total. The summed E-state index contributed by atoms with van der Waals surface area (Å²) in [5.41, 5.74) is 1.23. The second kappa shape index (κ2) is 7.87. The van der Waals surface area contributed by atoms with Crippen LogP contribution in [0.5, 0.6) is 0 Å². The molecule has 11 heteroatoms. The summed E-state index contributed by atoms with van der Waals surface area (Å²) >= 11 is 0. The number of nitrogens with two attached hydrogens (primary N) is 1. The van der Waals surface area contributed by atoms with Crippen molar-refractivity contribution in [3.8, 4) is 0 Å². The van der Waals surface area contributed by atoms with Gasteiger partial charge in [0.2, 0.25) is 6.79 Å². The molecule has 0 saturated heterocycles. The second-order valence-electron chi connectivity index (χ2n) is 5.44. The number of nitrogens with one attached hydrogen (secondary N) is 1. The molecule has 5 N–H and O–H groups in total. The van der Waals surface area contributed by atoms with Crippen molar-refractivity contribution < 1.29 is 28.6 Å². The van der Waals surface area contributed by atoms with Gasteiger partial charge in [-0.1, -0.05) is 30.3 Å². The number of ether oxygens (including phenoxy) is 1. The van der Waals surface area contributed by atoms with Crippen molar-refractivity contribution in [1.82, 2.24) is 0 Å². The number of hydrazine groups is 1. The van der Waals surface area contributed by atoms with Gasteiger partial charge in [0.05, 0.1) is 16.9 Å². The Kier molecular flexibility index (Phi) is 5.54. The molecule has 0 saturated carbocycles. The first-order chi connectivity index (χ1) is 12.9. The van der Waals surface area contributed by atoms with Crippen molar-refractivity contribution in [1.29, 1.82) is 0 Å². The fourth-order valence-electron chi connectivity index (χ4n) is 2.32. The van der Waals surface area contributed by atoms with Crippen molar-refractivity contribution in [3.63, 3.8) is 0 Å². The van der Waals surface area contributed by atoms with Crippen LogP contribution in [0.4, 0.5) is 11.4 Å². The first kappa shape index (κ1) is 19.0. The van der Waals surface area contributed by atoms with E-state index in [1.165, 1.54) is 12.1 Å². The molecule has 0 spiro atoms. The smallest absolute Gasteiger partial charge is 0.434 e. The number of nitrogens with zero attached hydrogens (tertiary/aromatic N) is 2. The molecule has 2 aromatic carbocycles. The predicted octanol–water partition coefficient (Wildman–Crippen LogP) is 1.44. The van der Waals surface area contributed by atoms with Gasteiger partial charge in [0, 0.05) is 0 Å². The summed E-state index contributed by atoms with van der Waals surface area (Å²) in [6, 6.07) is 14.8. The van der Waals surface area contributed by atoms with Gasteiger partial charge in [-0.3, -0.25) is 9.53 Å². The van der Waals surface area contributed by atoms with Gasteiger partial charge in [-0.2, -0.15) is 4.76 Å². The average Bonchev–Trinajstić information content (AvgIpc) is 2.66. The molecule has 1 aliphatic rings. The summed E-state index contributed by atoms with van der Waals surface area (Å²) in [6.07, 6.45) is -1.49. The van der Waals surface area contributed by atoms with Gasteiger partial charge >= 0.3 is 13.7 Å². The molecule has 2 atom stereocenters. The number of fused-ring (bicyclic) bond motifs is 1. The lowest BCUT2D eigenvalue weighted by atomic mass is 10.2. The molecule has 27 heavy (non-hydrogen) atoms. The normalized spacial score (nSPS) is 19.7. The first-order valence-corrected chi connectivity index (χ1v) is 9.28. The van der Waals surface area contributed by atoms with E-state index >= 15 is 0 Å². The van der Waals surface area contributed by atoms with E-state index in [4.69, 9.17) is 10.6 Å². The topological polar surface area (TPSA) is 147 Å². The van der Waals surface area contributed by atoms with E-state index in [0.717, 1.165) is 5.01 Å². The van der Waals surface area contributed by atoms with Gasteiger partial charge in [-0.05, 0) is 24.3 Å². The molecule has 1 heterocycles. The quantitative estimate of drug-likeness (QED) is 0.257. The fraction of sp³-hybridized carbons (Fsp3) is 0.125. The van der Waals surface area contributed by atoms with Crippen molar-refractivity contribution in [2.75, 3.05) is 17.1 Å². The number of hydrogen-bond donors (Lipinski definition) is 4. The number of para-hydroxylation sites is 2. The van der Waals surface area contributed by atoms with E-state index in [2.05, 4.69) is 14.6 Å². The first-order valence-electron chi connectivity index (χ1n) is 7.75. The zero-order chi connectivity index (χ0) is 19.4. The van der Waals surface area contributed by atoms with Gasteiger partial charge < -0.3 is 20.1 Å². The maximum atomic E-state index is 12.1. The zero-order valence-electron chi connectivity index (χ0n) is 13.9. The number of rotatable bonds is 5. The van der Waals surface area contributed by atoms with Crippen molar-refractivity contribution in [3.05, 3.63) is 60.2 Å². The van der Waals surface area contributed by atoms with E-state index in [1.807, 2.05) is 0 Å². The SMILES string of the molecule is NN1c2ccccc2NC(=NP(=O)(O)OCOC(=O)c2ccccc2)C1O. The maximum absolute atomic E-state index is 12.1. The Bertz CT molecular complexity index is 907. The number of anilines is 2. The minimum absolute atomic E-state index is 0.264. The summed E-state index contributed by atoms with van der Waals surface area (Å²) < 4.78 is 25.1. The lowest BCUT2D eigenvalue weighted by molar-refractivity contribution is 0.0126. The molecule has 0 fully saturated rings. The number of esters is 1. The number of carbonyl (C=O) groups excluding carboxylic acids is 1. The third-order valence-corrected chi connectivity index (χ3v) is 4.52. The summed E-state index contributed by atoms with van der Waals surface area (Å²) in [7, 11) is -4.58. The van der Waals surface area contributed by atoms with Crippen LogP contribution in [-0.2, 0) is 13.8 Å². The van der Waals surface area contributed by atoms with Gasteiger partial charge in [-0.15, -0.1) is 0 Å². The standard InChI is InChI=1S/C16H17N4O6P/c17-20-13-9-5-4-8-12(13)18-14(15(20)21)19-27(23,24)26-10-25-16(22)11-6-2-1-3-7-11/h1-9,15,21H,10,17H2,(H2,18,19,23,24). The highest BCUT2D eigenvalue weighted by Crippen LogP contribution is 2.44. The van der Waals surface area contributed by atoms with E-state index in [9.17, 15) is 19.4 Å². The van der Waals surface area contributed by atoms with Crippen LogP contribution >= 0.6 is 7.75 Å². The van der Waals surface area contributed by atoms with Crippen LogP contribution in [0.1, 0.15) is 10.4 Å². The van der Waals surface area contributed by atoms with Gasteiger partial charge in [0.15, 0.2) is 12.1 Å². The Hall–Kier alpha value is -2.75. The van der Waals surface area contributed by atoms with Crippen LogP contribution in [0.15, 0.2) is 59.4 Å². The van der Waals surface area contributed by atoms with E-state index in [-0.39, 0.29) is 11.4 Å². The molecule has 0 radical (unpaired) electrons. The molecule has 3 rings (SSSR count). The Morgan fingerprint density at radius 3 is 2.63 bits per heavy atom. The molecule has 0 bridgehead atoms. The van der Waals surface area contributed by atoms with Crippen molar-refractivity contribution >= 4 is 30.9 Å². The molecule has 2 unspecified atom stereocenters. The molecule has 2 aromatic rings. The van der Waals surface area contributed by atoms with Gasteiger partial charge in [0.1, 0.15) is 0 Å². The predicted molar refractivity (Wildman–Crippen MR) is 97.8 cm³/mol. The largest absolute Gasteiger partial charge is 0.456 e. The highest BCUT2D eigenvalue weighted by atomic mass is 31.2. The zero-order valence-corrected chi connectivity index (χ0v) is 14.8. The molecular weight excluding hydrogens is 375 g/mol. The molecule has 142 valence electrons. The second-order valence-corrected chi connectivity index (χ2v) is 6.88. The van der Waals surface area contributed by atoms with Crippen LogP contribution in [0.2, 0.25) is 0 Å². The van der Waals surface area contributed by atoms with Crippen LogP contribution in [0.25, 0.3) is 0 Å². The van der Waals surface area contributed by atoms with Gasteiger partial charge in [-0.25, -0.2) is 15.2 Å². The molecule has 1 aliphatic heterocycles. The summed E-state index contributed by atoms with van der Waals surface area (Å²) in [5, 5.41) is 13.8. The van der Waals surface area contributed by atoms with Crippen LogP contribution < -0.4 is 16.2 Å². The van der Waals surface area contributed by atoms with Crippen molar-refractivity contribution in [2.45, 2.75) is 6.23 Å². The maximum Gasteiger partial charge on any atom is 0.456 e. The van der Waals surface area contributed by atoms with Gasteiger partial charge in [0.25, 0.3) is 0 Å². The number of aliphatic hydroxyl groups is 1.